The molecule has 1 aromatic carbocycles. The van der Waals surface area contributed by atoms with E-state index in [-0.39, 0.29) is 18.4 Å². The van der Waals surface area contributed by atoms with Crippen molar-refractivity contribution in [1.29, 1.82) is 0 Å². The van der Waals surface area contributed by atoms with Crippen LogP contribution in [0.25, 0.3) is 0 Å². The van der Waals surface area contributed by atoms with E-state index in [2.05, 4.69) is 10.1 Å². The predicted octanol–water partition coefficient (Wildman–Crippen LogP) is 1.75. The van der Waals surface area contributed by atoms with Gasteiger partial charge in [-0.25, -0.2) is 0 Å². The molecule has 1 aliphatic heterocycles. The topological polar surface area (TPSA) is 82.1 Å². The summed E-state index contributed by atoms with van der Waals surface area (Å²) in [7, 11) is 0. The second-order valence-corrected chi connectivity index (χ2v) is 5.64. The Kier molecular flexibility index (Phi) is 6.02. The Balaban J connectivity index is 2.08. The Hall–Kier alpha value is -1.59. The van der Waals surface area contributed by atoms with E-state index in [4.69, 9.17) is 16.0 Å². The summed E-state index contributed by atoms with van der Waals surface area (Å²) in [6.07, 6.45) is 4.18. The molecular formula is C16H25N3O2. The maximum Gasteiger partial charge on any atom is 0.147 e. The molecule has 1 aliphatic rings. The van der Waals surface area contributed by atoms with Crippen LogP contribution in [0.4, 0.5) is 0 Å². The summed E-state index contributed by atoms with van der Waals surface area (Å²) in [6, 6.07) is 10.4. The molecule has 1 fully saturated rings. The van der Waals surface area contributed by atoms with Gasteiger partial charge in [0.1, 0.15) is 5.84 Å². The van der Waals surface area contributed by atoms with E-state index >= 15 is 0 Å². The summed E-state index contributed by atoms with van der Waals surface area (Å²) in [5, 5.41) is 21.3. The highest BCUT2D eigenvalue weighted by atomic mass is 16.4. The van der Waals surface area contributed by atoms with Gasteiger partial charge in [0.25, 0.3) is 0 Å². The number of amidine groups is 1. The Morgan fingerprint density at radius 1 is 1.38 bits per heavy atom. The lowest BCUT2D eigenvalue weighted by molar-refractivity contribution is 0.213. The average molecular weight is 291 g/mol. The van der Waals surface area contributed by atoms with E-state index in [0.29, 0.717) is 6.04 Å². The third-order valence-corrected chi connectivity index (χ3v) is 4.29. The molecule has 116 valence electrons. The molecule has 1 saturated heterocycles. The molecule has 0 radical (unpaired) electrons. The molecule has 5 heteroatoms. The molecule has 1 heterocycles. The molecule has 0 aliphatic carbocycles. The van der Waals surface area contributed by atoms with Gasteiger partial charge in [0.15, 0.2) is 0 Å². The number of hydrogen-bond donors (Lipinski definition) is 3. The van der Waals surface area contributed by atoms with E-state index in [1.807, 2.05) is 30.3 Å². The van der Waals surface area contributed by atoms with Crippen molar-refractivity contribution in [2.45, 2.75) is 37.6 Å². The third kappa shape index (κ3) is 4.19. The molecule has 2 unspecified atom stereocenters. The van der Waals surface area contributed by atoms with Crippen molar-refractivity contribution in [1.82, 2.24) is 4.90 Å². The largest absolute Gasteiger partial charge is 0.409 e. The molecule has 2 rings (SSSR count). The quantitative estimate of drug-likeness (QED) is 0.309. The summed E-state index contributed by atoms with van der Waals surface area (Å²) in [6.45, 7) is 2.04. The molecule has 0 spiro atoms. The van der Waals surface area contributed by atoms with Crippen molar-refractivity contribution >= 4 is 5.84 Å². The first kappa shape index (κ1) is 15.8. The first-order valence-electron chi connectivity index (χ1n) is 7.63. The molecule has 4 N–H and O–H groups in total. The van der Waals surface area contributed by atoms with Crippen molar-refractivity contribution < 1.29 is 10.3 Å². The number of aliphatic hydroxyl groups excluding tert-OH is 1. The van der Waals surface area contributed by atoms with Gasteiger partial charge in [-0.05, 0) is 37.8 Å². The number of oxime groups is 1. The summed E-state index contributed by atoms with van der Waals surface area (Å²) < 4.78 is 0. The highest BCUT2D eigenvalue weighted by molar-refractivity contribution is 5.87. The van der Waals surface area contributed by atoms with Gasteiger partial charge in [-0.3, -0.25) is 4.90 Å². The number of nitrogens with zero attached hydrogens (tertiary/aromatic N) is 2. The number of likely N-dealkylation sites (tertiary alicyclic amines) is 1. The summed E-state index contributed by atoms with van der Waals surface area (Å²) in [4.78, 5) is 2.41. The van der Waals surface area contributed by atoms with E-state index < -0.39 is 0 Å². The zero-order valence-corrected chi connectivity index (χ0v) is 12.4. The van der Waals surface area contributed by atoms with Gasteiger partial charge >= 0.3 is 0 Å². The lowest BCUT2D eigenvalue weighted by atomic mass is 9.96. The fourth-order valence-corrected chi connectivity index (χ4v) is 3.15. The Morgan fingerprint density at radius 3 is 2.81 bits per heavy atom. The van der Waals surface area contributed by atoms with Crippen molar-refractivity contribution in [2.75, 3.05) is 19.7 Å². The SMILES string of the molecule is NC(=NO)C(CN1CCCC1CCCO)c1ccccc1. The fourth-order valence-electron chi connectivity index (χ4n) is 3.15. The van der Waals surface area contributed by atoms with Crippen molar-refractivity contribution in [3.63, 3.8) is 0 Å². The van der Waals surface area contributed by atoms with Crippen LogP contribution in [0.5, 0.6) is 0 Å². The molecule has 5 nitrogen and oxygen atoms in total. The first-order chi connectivity index (χ1) is 10.3. The number of nitrogens with two attached hydrogens (primary N) is 1. The van der Waals surface area contributed by atoms with Crippen LogP contribution in [-0.2, 0) is 0 Å². The fraction of sp³-hybridized carbons (Fsp3) is 0.562. The molecule has 21 heavy (non-hydrogen) atoms. The van der Waals surface area contributed by atoms with Crippen LogP contribution in [-0.4, -0.2) is 46.8 Å². The van der Waals surface area contributed by atoms with Gasteiger partial charge in [-0.2, -0.15) is 0 Å². The normalized spacial score (nSPS) is 21.6. The van der Waals surface area contributed by atoms with Gasteiger partial charge in [0, 0.05) is 19.2 Å². The Bertz CT molecular complexity index is 450. The van der Waals surface area contributed by atoms with Crippen LogP contribution in [0.15, 0.2) is 35.5 Å². The molecule has 0 bridgehead atoms. The second-order valence-electron chi connectivity index (χ2n) is 5.64. The number of aliphatic hydroxyl groups is 1. The second kappa shape index (κ2) is 8.00. The maximum absolute atomic E-state index is 9.06. The Morgan fingerprint density at radius 2 is 2.14 bits per heavy atom. The highest BCUT2D eigenvalue weighted by Gasteiger charge is 2.28. The number of hydrogen-bond acceptors (Lipinski definition) is 4. The van der Waals surface area contributed by atoms with Crippen LogP contribution in [0.1, 0.15) is 37.2 Å². The maximum atomic E-state index is 9.06. The van der Waals surface area contributed by atoms with Gasteiger partial charge in [0.2, 0.25) is 0 Å². The highest BCUT2D eigenvalue weighted by Crippen LogP contribution is 2.26. The average Bonchev–Trinajstić information content (AvgIpc) is 2.97. The zero-order valence-electron chi connectivity index (χ0n) is 12.4. The van der Waals surface area contributed by atoms with Crippen LogP contribution in [0.3, 0.4) is 0 Å². The van der Waals surface area contributed by atoms with Crippen molar-refractivity contribution in [3.8, 4) is 0 Å². The lowest BCUT2D eigenvalue weighted by Crippen LogP contribution is -2.38. The van der Waals surface area contributed by atoms with Gasteiger partial charge in [-0.15, -0.1) is 0 Å². The smallest absolute Gasteiger partial charge is 0.147 e. The minimum absolute atomic E-state index is 0.0917. The van der Waals surface area contributed by atoms with Crippen molar-refractivity contribution in [3.05, 3.63) is 35.9 Å². The van der Waals surface area contributed by atoms with E-state index in [0.717, 1.165) is 37.9 Å². The van der Waals surface area contributed by atoms with E-state index in [9.17, 15) is 0 Å². The Labute approximate surface area is 126 Å². The van der Waals surface area contributed by atoms with Crippen LogP contribution in [0, 0.1) is 0 Å². The molecule has 0 aromatic heterocycles. The molecule has 0 amide bonds. The number of benzene rings is 1. The molecular weight excluding hydrogens is 266 g/mol. The van der Waals surface area contributed by atoms with Crippen molar-refractivity contribution in [2.24, 2.45) is 10.9 Å². The molecule has 1 aromatic rings. The summed E-state index contributed by atoms with van der Waals surface area (Å²) in [5.41, 5.74) is 6.98. The monoisotopic (exact) mass is 291 g/mol. The minimum Gasteiger partial charge on any atom is -0.409 e. The molecule has 2 atom stereocenters. The third-order valence-electron chi connectivity index (χ3n) is 4.29. The van der Waals surface area contributed by atoms with Gasteiger partial charge in [0.05, 0.1) is 5.92 Å². The van der Waals surface area contributed by atoms with Gasteiger partial charge in [-0.1, -0.05) is 35.5 Å². The summed E-state index contributed by atoms with van der Waals surface area (Å²) in [5.74, 6) is 0.167. The summed E-state index contributed by atoms with van der Waals surface area (Å²) >= 11 is 0. The van der Waals surface area contributed by atoms with Crippen LogP contribution < -0.4 is 5.73 Å². The van der Waals surface area contributed by atoms with Crippen LogP contribution >= 0.6 is 0 Å². The predicted molar refractivity (Wildman–Crippen MR) is 83.5 cm³/mol. The lowest BCUT2D eigenvalue weighted by Gasteiger charge is -2.28. The first-order valence-corrected chi connectivity index (χ1v) is 7.63. The zero-order chi connectivity index (χ0) is 15.1. The molecule has 0 saturated carbocycles. The number of rotatable bonds is 7. The van der Waals surface area contributed by atoms with Gasteiger partial charge < -0.3 is 16.0 Å². The van der Waals surface area contributed by atoms with E-state index in [1.54, 1.807) is 0 Å². The minimum atomic E-state index is -0.0917. The van der Waals surface area contributed by atoms with Crippen LogP contribution in [0.2, 0.25) is 0 Å². The van der Waals surface area contributed by atoms with E-state index in [1.165, 1.54) is 6.42 Å². The standard InChI is InChI=1S/C16H25N3O2/c17-16(18-21)15(13-6-2-1-3-7-13)12-19-10-4-8-14(19)9-5-11-20/h1-3,6-7,14-15,20-21H,4-5,8-12H2,(H2,17,18).